The summed E-state index contributed by atoms with van der Waals surface area (Å²) in [6.07, 6.45) is 2.25. The highest BCUT2D eigenvalue weighted by Crippen LogP contribution is 2.25. The van der Waals surface area contributed by atoms with Gasteiger partial charge in [-0.2, -0.15) is 0 Å². The fourth-order valence-corrected chi connectivity index (χ4v) is 3.39. The Morgan fingerprint density at radius 1 is 1.00 bits per heavy atom. The lowest BCUT2D eigenvalue weighted by Gasteiger charge is -2.10. The Balaban J connectivity index is 1.76. The van der Waals surface area contributed by atoms with Gasteiger partial charge in [-0.1, -0.05) is 59.6 Å². The van der Waals surface area contributed by atoms with E-state index in [1.165, 1.54) is 0 Å². The molecular weight excluding hydrogens is 369 g/mol. The van der Waals surface area contributed by atoms with Gasteiger partial charge in [-0.05, 0) is 17.7 Å². The molecule has 0 fully saturated rings. The molecule has 4 aromatic rings. The topological polar surface area (TPSA) is 70.3 Å². The van der Waals surface area contributed by atoms with E-state index in [2.05, 4.69) is 15.0 Å². The molecule has 0 unspecified atom stereocenters. The number of H-pyrrole nitrogens is 1. The summed E-state index contributed by atoms with van der Waals surface area (Å²) in [6.45, 7) is 0.428. The molecule has 130 valence electrons. The van der Waals surface area contributed by atoms with Gasteiger partial charge in [0.2, 0.25) is 0 Å². The minimum atomic E-state index is 0.160. The van der Waals surface area contributed by atoms with Crippen molar-refractivity contribution in [3.8, 4) is 0 Å². The molecule has 0 saturated carbocycles. The maximum Gasteiger partial charge on any atom is 0.173 e. The van der Waals surface area contributed by atoms with Crippen molar-refractivity contribution in [2.75, 3.05) is 0 Å². The van der Waals surface area contributed by atoms with Crippen molar-refractivity contribution in [3.63, 3.8) is 0 Å². The standard InChI is InChI=1S/C19H15Cl2N5/c20-14-7-4-8-15(21)13(14)10-26-11-23-18(22)17-19(26)25-16(24-17)9-12-5-2-1-3-6-12/h1-8,11,22H,9-10H2,(H,24,25). The van der Waals surface area contributed by atoms with Crippen molar-refractivity contribution < 1.29 is 0 Å². The van der Waals surface area contributed by atoms with E-state index in [0.29, 0.717) is 34.2 Å². The Morgan fingerprint density at radius 2 is 1.73 bits per heavy atom. The van der Waals surface area contributed by atoms with Crippen LogP contribution in [0.25, 0.3) is 11.2 Å². The van der Waals surface area contributed by atoms with Crippen LogP contribution >= 0.6 is 23.2 Å². The molecule has 4 rings (SSSR count). The van der Waals surface area contributed by atoms with Crippen LogP contribution in [0.3, 0.4) is 0 Å². The first-order chi connectivity index (χ1) is 12.6. The van der Waals surface area contributed by atoms with Crippen molar-refractivity contribution in [2.45, 2.75) is 13.0 Å². The molecule has 2 aromatic carbocycles. The molecule has 2 N–H and O–H groups in total. The number of nitrogens with one attached hydrogen (secondary N) is 2. The molecule has 7 heteroatoms. The monoisotopic (exact) mass is 383 g/mol. The number of rotatable bonds is 4. The first kappa shape index (κ1) is 16.8. The summed E-state index contributed by atoms with van der Waals surface area (Å²) in [6, 6.07) is 15.5. The predicted octanol–water partition coefficient (Wildman–Crippen LogP) is 4.18. The number of hydrogen-bond acceptors (Lipinski definition) is 3. The highest BCUT2D eigenvalue weighted by molar-refractivity contribution is 6.36. The van der Waals surface area contributed by atoms with Crippen LogP contribution in [-0.4, -0.2) is 19.5 Å². The maximum absolute atomic E-state index is 8.07. The summed E-state index contributed by atoms with van der Waals surface area (Å²) in [5.74, 6) is 0.784. The number of hydrogen-bond donors (Lipinski definition) is 2. The van der Waals surface area contributed by atoms with Crippen LogP contribution in [0.15, 0.2) is 54.9 Å². The molecule has 2 aromatic heterocycles. The van der Waals surface area contributed by atoms with Gasteiger partial charge in [0.25, 0.3) is 0 Å². The zero-order chi connectivity index (χ0) is 18.1. The van der Waals surface area contributed by atoms with E-state index in [1.807, 2.05) is 41.0 Å². The maximum atomic E-state index is 8.07. The lowest BCUT2D eigenvalue weighted by atomic mass is 10.1. The zero-order valence-electron chi connectivity index (χ0n) is 13.7. The average molecular weight is 384 g/mol. The Kier molecular flexibility index (Phi) is 4.49. The third kappa shape index (κ3) is 3.23. The quantitative estimate of drug-likeness (QED) is 0.554. The molecule has 0 radical (unpaired) electrons. The Labute approximate surface area is 159 Å². The first-order valence-corrected chi connectivity index (χ1v) is 8.83. The summed E-state index contributed by atoms with van der Waals surface area (Å²) in [5.41, 5.74) is 3.36. The van der Waals surface area contributed by atoms with Gasteiger partial charge in [0.1, 0.15) is 11.3 Å². The Hall–Kier alpha value is -2.63. The van der Waals surface area contributed by atoms with Crippen molar-refractivity contribution in [2.24, 2.45) is 0 Å². The third-order valence-electron chi connectivity index (χ3n) is 4.17. The number of benzene rings is 2. The molecule has 0 saturated heterocycles. The Morgan fingerprint density at radius 3 is 2.46 bits per heavy atom. The van der Waals surface area contributed by atoms with E-state index >= 15 is 0 Å². The van der Waals surface area contributed by atoms with Crippen LogP contribution in [-0.2, 0) is 13.0 Å². The van der Waals surface area contributed by atoms with Gasteiger partial charge in [0.05, 0.1) is 12.9 Å². The minimum absolute atomic E-state index is 0.160. The van der Waals surface area contributed by atoms with Crippen LogP contribution in [0.2, 0.25) is 10.0 Å². The van der Waals surface area contributed by atoms with Crippen LogP contribution < -0.4 is 5.49 Å². The predicted molar refractivity (Wildman–Crippen MR) is 103 cm³/mol. The van der Waals surface area contributed by atoms with Gasteiger partial charge < -0.3 is 9.55 Å². The summed E-state index contributed by atoms with van der Waals surface area (Å²) < 4.78 is 1.85. The van der Waals surface area contributed by atoms with E-state index in [9.17, 15) is 0 Å². The van der Waals surface area contributed by atoms with E-state index in [4.69, 9.17) is 28.6 Å². The smallest absolute Gasteiger partial charge is 0.173 e. The van der Waals surface area contributed by atoms with Gasteiger partial charge in [-0.25, -0.2) is 9.97 Å². The lowest BCUT2D eigenvalue weighted by molar-refractivity contribution is 0.783. The van der Waals surface area contributed by atoms with Crippen LogP contribution in [0.1, 0.15) is 17.0 Å². The second kappa shape index (κ2) is 6.94. The Bertz CT molecular complexity index is 1110. The summed E-state index contributed by atoms with van der Waals surface area (Å²) >= 11 is 12.6. The molecule has 0 aliphatic carbocycles. The number of nitrogens with zero attached hydrogens (tertiary/aromatic N) is 3. The van der Waals surface area contributed by atoms with E-state index in [0.717, 1.165) is 17.0 Å². The molecule has 0 aliphatic heterocycles. The molecular formula is C19H15Cl2N5. The molecule has 2 heterocycles. The number of aromatic amines is 1. The second-order valence-corrected chi connectivity index (χ2v) is 6.78. The normalized spacial score (nSPS) is 11.2. The molecule has 26 heavy (non-hydrogen) atoms. The summed E-state index contributed by atoms with van der Waals surface area (Å²) in [5, 5.41) is 9.25. The SMILES string of the molecule is N=c1ncn(Cc2c(Cl)cccc2Cl)c2nc(Cc3ccccc3)[nH]c12. The van der Waals surface area contributed by atoms with E-state index < -0.39 is 0 Å². The molecule has 0 atom stereocenters. The highest BCUT2D eigenvalue weighted by Gasteiger charge is 2.12. The van der Waals surface area contributed by atoms with Crippen LogP contribution in [0.5, 0.6) is 0 Å². The van der Waals surface area contributed by atoms with Gasteiger partial charge in [0, 0.05) is 22.0 Å². The minimum Gasteiger partial charge on any atom is -0.337 e. The van der Waals surface area contributed by atoms with Crippen molar-refractivity contribution in [1.29, 1.82) is 5.41 Å². The number of imidazole rings is 1. The molecule has 5 nitrogen and oxygen atoms in total. The van der Waals surface area contributed by atoms with Crippen LogP contribution in [0.4, 0.5) is 0 Å². The van der Waals surface area contributed by atoms with Crippen molar-refractivity contribution in [1.82, 2.24) is 19.5 Å². The third-order valence-corrected chi connectivity index (χ3v) is 4.88. The van der Waals surface area contributed by atoms with Gasteiger partial charge >= 0.3 is 0 Å². The van der Waals surface area contributed by atoms with Gasteiger partial charge in [-0.3, -0.25) is 5.41 Å². The van der Waals surface area contributed by atoms with E-state index in [-0.39, 0.29) is 5.49 Å². The summed E-state index contributed by atoms with van der Waals surface area (Å²) in [7, 11) is 0. The van der Waals surface area contributed by atoms with Gasteiger partial charge in [-0.15, -0.1) is 0 Å². The largest absolute Gasteiger partial charge is 0.337 e. The van der Waals surface area contributed by atoms with Crippen LogP contribution in [0, 0.1) is 5.41 Å². The van der Waals surface area contributed by atoms with E-state index in [1.54, 1.807) is 18.5 Å². The molecule has 0 amide bonds. The number of aromatic nitrogens is 4. The number of halogens is 2. The molecule has 0 aliphatic rings. The first-order valence-electron chi connectivity index (χ1n) is 8.07. The van der Waals surface area contributed by atoms with Crippen molar-refractivity contribution in [3.05, 3.63) is 87.3 Å². The second-order valence-electron chi connectivity index (χ2n) is 5.97. The lowest BCUT2D eigenvalue weighted by Crippen LogP contribution is -2.13. The van der Waals surface area contributed by atoms with Crippen molar-refractivity contribution >= 4 is 34.4 Å². The van der Waals surface area contributed by atoms with Gasteiger partial charge in [0.15, 0.2) is 11.1 Å². The molecule has 0 spiro atoms. The number of fused-ring (bicyclic) bond motifs is 1. The fraction of sp³-hybridized carbons (Fsp3) is 0.105. The molecule has 0 bridgehead atoms. The fourth-order valence-electron chi connectivity index (χ4n) is 2.87. The average Bonchev–Trinajstić information content (AvgIpc) is 3.06. The summed E-state index contributed by atoms with van der Waals surface area (Å²) in [4.78, 5) is 12.1. The zero-order valence-corrected chi connectivity index (χ0v) is 15.2. The highest BCUT2D eigenvalue weighted by atomic mass is 35.5.